The lowest BCUT2D eigenvalue weighted by Crippen LogP contribution is -2.41. The van der Waals surface area contributed by atoms with Crippen molar-refractivity contribution in [2.24, 2.45) is 5.41 Å². The third kappa shape index (κ3) is 4.37. The Labute approximate surface area is 121 Å². The van der Waals surface area contributed by atoms with Gasteiger partial charge in [0.15, 0.2) is 0 Å². The fourth-order valence-electron chi connectivity index (χ4n) is 2.20. The summed E-state index contributed by atoms with van der Waals surface area (Å²) in [4.78, 5) is 26.9. The highest BCUT2D eigenvalue weighted by atomic mass is 16.4. The van der Waals surface area contributed by atoms with E-state index in [2.05, 4.69) is 31.1 Å². The van der Waals surface area contributed by atoms with Crippen LogP contribution in [0.25, 0.3) is 0 Å². The van der Waals surface area contributed by atoms with Crippen LogP contribution in [0.1, 0.15) is 33.6 Å². The first-order valence-electron chi connectivity index (χ1n) is 7.22. The third-order valence-corrected chi connectivity index (χ3v) is 4.12. The highest BCUT2D eigenvalue weighted by Crippen LogP contribution is 2.29. The van der Waals surface area contributed by atoms with E-state index < -0.39 is 11.4 Å². The van der Waals surface area contributed by atoms with Crippen molar-refractivity contribution in [2.45, 2.75) is 39.7 Å². The Kier molecular flexibility index (Phi) is 5.80. The van der Waals surface area contributed by atoms with E-state index in [1.165, 1.54) is 0 Å². The van der Waals surface area contributed by atoms with Gasteiger partial charge in [-0.05, 0) is 47.2 Å². The van der Waals surface area contributed by atoms with Crippen LogP contribution in [-0.2, 0) is 4.79 Å². The van der Waals surface area contributed by atoms with Crippen LogP contribution < -0.4 is 5.32 Å². The molecule has 116 valence electrons. The lowest BCUT2D eigenvalue weighted by atomic mass is 9.90. The van der Waals surface area contributed by atoms with Crippen LogP contribution in [0.5, 0.6) is 0 Å². The smallest absolute Gasteiger partial charge is 0.317 e. The van der Waals surface area contributed by atoms with Gasteiger partial charge in [-0.2, -0.15) is 0 Å². The van der Waals surface area contributed by atoms with E-state index >= 15 is 0 Å². The average Bonchev–Trinajstić information content (AvgIpc) is 2.78. The molecule has 1 rings (SSSR count). The van der Waals surface area contributed by atoms with Gasteiger partial charge in [0, 0.05) is 25.7 Å². The van der Waals surface area contributed by atoms with Crippen LogP contribution in [-0.4, -0.2) is 66.2 Å². The molecular formula is C14H27N3O3. The molecule has 0 saturated carbocycles. The van der Waals surface area contributed by atoms with Crippen molar-refractivity contribution >= 4 is 12.0 Å². The summed E-state index contributed by atoms with van der Waals surface area (Å²) in [6.45, 7) is 8.33. The third-order valence-electron chi connectivity index (χ3n) is 4.12. The van der Waals surface area contributed by atoms with Gasteiger partial charge in [0.25, 0.3) is 0 Å². The van der Waals surface area contributed by atoms with Gasteiger partial charge < -0.3 is 20.2 Å². The second kappa shape index (κ2) is 6.92. The SMILES string of the molecule is CC(C)N(C)CCCNC(=O)N1CCC(C)(C(=O)O)C1. The number of carboxylic acid groups (broad SMARTS) is 1. The Morgan fingerprint density at radius 3 is 2.60 bits per heavy atom. The highest BCUT2D eigenvalue weighted by Gasteiger charge is 2.42. The van der Waals surface area contributed by atoms with Crippen LogP contribution >= 0.6 is 0 Å². The molecule has 0 aromatic rings. The van der Waals surface area contributed by atoms with Crippen molar-refractivity contribution in [1.82, 2.24) is 15.1 Å². The second-order valence-corrected chi connectivity index (χ2v) is 6.20. The molecule has 6 nitrogen and oxygen atoms in total. The maximum absolute atomic E-state index is 11.9. The molecule has 1 unspecified atom stereocenters. The quantitative estimate of drug-likeness (QED) is 0.720. The van der Waals surface area contributed by atoms with Crippen molar-refractivity contribution in [3.8, 4) is 0 Å². The van der Waals surface area contributed by atoms with Gasteiger partial charge in [0.05, 0.1) is 5.41 Å². The summed E-state index contributed by atoms with van der Waals surface area (Å²) in [5.74, 6) is -0.827. The molecule has 1 atom stereocenters. The van der Waals surface area contributed by atoms with Crippen molar-refractivity contribution < 1.29 is 14.7 Å². The monoisotopic (exact) mass is 285 g/mol. The molecule has 1 aliphatic heterocycles. The van der Waals surface area contributed by atoms with Crippen molar-refractivity contribution in [3.05, 3.63) is 0 Å². The van der Waals surface area contributed by atoms with Crippen LogP contribution in [0, 0.1) is 5.41 Å². The van der Waals surface area contributed by atoms with E-state index in [1.54, 1.807) is 11.8 Å². The van der Waals surface area contributed by atoms with E-state index in [-0.39, 0.29) is 6.03 Å². The molecule has 0 bridgehead atoms. The summed E-state index contributed by atoms with van der Waals surface area (Å²) < 4.78 is 0. The molecule has 0 spiro atoms. The maximum Gasteiger partial charge on any atom is 0.317 e. The van der Waals surface area contributed by atoms with Gasteiger partial charge in [-0.3, -0.25) is 4.79 Å². The second-order valence-electron chi connectivity index (χ2n) is 6.20. The number of hydrogen-bond donors (Lipinski definition) is 2. The van der Waals surface area contributed by atoms with Crippen LogP contribution in [0.15, 0.2) is 0 Å². The largest absolute Gasteiger partial charge is 0.481 e. The number of hydrogen-bond acceptors (Lipinski definition) is 3. The first-order valence-corrected chi connectivity index (χ1v) is 7.22. The van der Waals surface area contributed by atoms with E-state index in [9.17, 15) is 9.59 Å². The maximum atomic E-state index is 11.9. The molecule has 2 N–H and O–H groups in total. The predicted molar refractivity (Wildman–Crippen MR) is 77.7 cm³/mol. The van der Waals surface area contributed by atoms with E-state index in [1.807, 2.05) is 0 Å². The van der Waals surface area contributed by atoms with Gasteiger partial charge in [0.2, 0.25) is 0 Å². The summed E-state index contributed by atoms with van der Waals surface area (Å²) in [6, 6.07) is 0.350. The molecule has 0 aliphatic carbocycles. The molecule has 0 aromatic carbocycles. The zero-order valence-electron chi connectivity index (χ0n) is 13.0. The zero-order valence-corrected chi connectivity index (χ0v) is 13.0. The predicted octanol–water partition coefficient (Wildman–Crippen LogP) is 1.22. The molecule has 1 fully saturated rings. The summed E-state index contributed by atoms with van der Waals surface area (Å²) in [7, 11) is 2.06. The minimum Gasteiger partial charge on any atom is -0.481 e. The molecule has 1 heterocycles. The first-order chi connectivity index (χ1) is 9.26. The van der Waals surface area contributed by atoms with Gasteiger partial charge in [-0.15, -0.1) is 0 Å². The van der Waals surface area contributed by atoms with Crippen molar-refractivity contribution in [2.75, 3.05) is 33.2 Å². The van der Waals surface area contributed by atoms with Crippen LogP contribution in [0.2, 0.25) is 0 Å². The summed E-state index contributed by atoms with van der Waals surface area (Å²) in [5, 5.41) is 12.0. The summed E-state index contributed by atoms with van der Waals surface area (Å²) in [5.41, 5.74) is -0.796. The number of nitrogens with one attached hydrogen (secondary N) is 1. The molecule has 20 heavy (non-hydrogen) atoms. The average molecular weight is 285 g/mol. The topological polar surface area (TPSA) is 72.9 Å². The normalized spacial score (nSPS) is 22.6. The Balaban J connectivity index is 2.26. The number of carboxylic acids is 1. The van der Waals surface area contributed by atoms with E-state index in [0.29, 0.717) is 32.1 Å². The number of aliphatic carboxylic acids is 1. The molecular weight excluding hydrogens is 258 g/mol. The van der Waals surface area contributed by atoms with Gasteiger partial charge in [-0.1, -0.05) is 0 Å². The molecule has 6 heteroatoms. The Morgan fingerprint density at radius 2 is 2.10 bits per heavy atom. The van der Waals surface area contributed by atoms with E-state index in [4.69, 9.17) is 5.11 Å². The lowest BCUT2D eigenvalue weighted by molar-refractivity contribution is -0.146. The Hall–Kier alpha value is -1.30. The van der Waals surface area contributed by atoms with Gasteiger partial charge in [-0.25, -0.2) is 4.79 Å². The number of urea groups is 1. The summed E-state index contributed by atoms with van der Waals surface area (Å²) in [6.07, 6.45) is 1.41. The minimum atomic E-state index is -0.827. The molecule has 1 saturated heterocycles. The lowest BCUT2D eigenvalue weighted by Gasteiger charge is -2.22. The number of nitrogens with zero attached hydrogens (tertiary/aromatic N) is 2. The number of rotatable bonds is 6. The minimum absolute atomic E-state index is 0.151. The highest BCUT2D eigenvalue weighted by molar-refractivity contribution is 5.79. The van der Waals surface area contributed by atoms with E-state index in [0.717, 1.165) is 13.0 Å². The van der Waals surface area contributed by atoms with Crippen LogP contribution in [0.3, 0.4) is 0 Å². The number of carbonyl (C=O) groups excluding carboxylic acids is 1. The summed E-state index contributed by atoms with van der Waals surface area (Å²) >= 11 is 0. The molecule has 0 radical (unpaired) electrons. The number of likely N-dealkylation sites (tertiary alicyclic amines) is 1. The fraction of sp³-hybridized carbons (Fsp3) is 0.857. The Morgan fingerprint density at radius 1 is 1.45 bits per heavy atom. The van der Waals surface area contributed by atoms with Gasteiger partial charge in [0.1, 0.15) is 0 Å². The van der Waals surface area contributed by atoms with Gasteiger partial charge >= 0.3 is 12.0 Å². The molecule has 0 aromatic heterocycles. The standard InChI is InChI=1S/C14H27N3O3/c1-11(2)16(4)8-5-7-15-13(20)17-9-6-14(3,10-17)12(18)19/h11H,5-10H2,1-4H3,(H,15,20)(H,18,19). The van der Waals surface area contributed by atoms with Crippen molar-refractivity contribution in [1.29, 1.82) is 0 Å². The van der Waals surface area contributed by atoms with Crippen LogP contribution in [0.4, 0.5) is 4.79 Å². The molecule has 1 aliphatic rings. The Bertz CT molecular complexity index is 360. The number of carbonyl (C=O) groups is 2. The zero-order chi connectivity index (χ0) is 15.3. The van der Waals surface area contributed by atoms with Crippen molar-refractivity contribution in [3.63, 3.8) is 0 Å². The number of amides is 2. The first kappa shape index (κ1) is 16.8. The fourth-order valence-corrected chi connectivity index (χ4v) is 2.20. The molecule has 2 amide bonds.